The van der Waals surface area contributed by atoms with Crippen LogP contribution in [-0.4, -0.2) is 9.78 Å². The van der Waals surface area contributed by atoms with Crippen molar-refractivity contribution in [3.05, 3.63) is 47.8 Å². The summed E-state index contributed by atoms with van der Waals surface area (Å²) in [6.45, 7) is 3.69. The molecule has 0 atom stereocenters. The maximum atomic E-state index is 12.7. The molecule has 0 radical (unpaired) electrons. The van der Waals surface area contributed by atoms with Crippen LogP contribution in [0, 0.1) is 0 Å². The highest BCUT2D eigenvalue weighted by atomic mass is 19.4. The Labute approximate surface area is 103 Å². The molecule has 0 N–H and O–H groups in total. The molecule has 18 heavy (non-hydrogen) atoms. The van der Waals surface area contributed by atoms with E-state index in [1.54, 1.807) is 24.3 Å². The topological polar surface area (TPSA) is 17.8 Å². The summed E-state index contributed by atoms with van der Waals surface area (Å²) >= 11 is 0. The van der Waals surface area contributed by atoms with E-state index in [1.807, 2.05) is 19.9 Å². The number of benzene rings is 1. The lowest BCUT2D eigenvalue weighted by Gasteiger charge is -2.09. The van der Waals surface area contributed by atoms with Gasteiger partial charge < -0.3 is 0 Å². The van der Waals surface area contributed by atoms with Crippen molar-refractivity contribution in [2.45, 2.75) is 25.9 Å². The number of aromatic nitrogens is 2. The maximum absolute atomic E-state index is 12.7. The summed E-state index contributed by atoms with van der Waals surface area (Å²) in [6.07, 6.45) is -4.41. The molecule has 0 aliphatic rings. The molecule has 0 unspecified atom stereocenters. The van der Waals surface area contributed by atoms with Crippen LogP contribution in [0.2, 0.25) is 0 Å². The first-order valence-electron chi connectivity index (χ1n) is 5.62. The predicted octanol–water partition coefficient (Wildman–Crippen LogP) is 4.01. The van der Waals surface area contributed by atoms with Crippen LogP contribution in [0.3, 0.4) is 0 Å². The van der Waals surface area contributed by atoms with E-state index in [0.717, 1.165) is 6.07 Å². The van der Waals surface area contributed by atoms with Gasteiger partial charge in [0.05, 0.1) is 5.69 Å². The van der Waals surface area contributed by atoms with Gasteiger partial charge in [-0.05, 0) is 24.1 Å². The summed E-state index contributed by atoms with van der Waals surface area (Å²) in [5.74, 6) is -0.0335. The lowest BCUT2D eigenvalue weighted by molar-refractivity contribution is -0.141. The number of hydrogen-bond acceptors (Lipinski definition) is 1. The van der Waals surface area contributed by atoms with E-state index in [9.17, 15) is 13.2 Å². The van der Waals surface area contributed by atoms with E-state index in [-0.39, 0.29) is 5.92 Å². The van der Waals surface area contributed by atoms with Gasteiger partial charge in [-0.1, -0.05) is 32.0 Å². The Morgan fingerprint density at radius 3 is 2.22 bits per heavy atom. The van der Waals surface area contributed by atoms with Crippen LogP contribution in [-0.2, 0) is 6.18 Å². The molecule has 0 spiro atoms. The molecule has 0 aliphatic heterocycles. The minimum Gasteiger partial charge on any atom is -0.237 e. The van der Waals surface area contributed by atoms with Gasteiger partial charge in [-0.2, -0.15) is 18.3 Å². The number of hydrogen-bond donors (Lipinski definition) is 0. The van der Waals surface area contributed by atoms with E-state index >= 15 is 0 Å². The Balaban J connectivity index is 2.56. The van der Waals surface area contributed by atoms with Gasteiger partial charge in [0.15, 0.2) is 5.69 Å². The average Bonchev–Trinajstić information content (AvgIpc) is 2.74. The zero-order valence-electron chi connectivity index (χ0n) is 10.1. The van der Waals surface area contributed by atoms with Crippen molar-refractivity contribution in [1.29, 1.82) is 0 Å². The molecular formula is C13H13F3N2. The van der Waals surface area contributed by atoms with Crippen LogP contribution in [0.4, 0.5) is 13.2 Å². The molecule has 0 amide bonds. The molecule has 5 heteroatoms. The Bertz CT molecular complexity index is 527. The van der Waals surface area contributed by atoms with E-state index in [4.69, 9.17) is 0 Å². The molecule has 2 rings (SSSR count). The minimum absolute atomic E-state index is 0.0335. The number of alkyl halides is 3. The normalized spacial score (nSPS) is 12.1. The van der Waals surface area contributed by atoms with Crippen LogP contribution < -0.4 is 0 Å². The Morgan fingerprint density at radius 1 is 1.11 bits per heavy atom. The Kier molecular flexibility index (Phi) is 3.15. The Morgan fingerprint density at radius 2 is 1.72 bits per heavy atom. The predicted molar refractivity (Wildman–Crippen MR) is 62.7 cm³/mol. The van der Waals surface area contributed by atoms with Gasteiger partial charge in [0.2, 0.25) is 0 Å². The highest BCUT2D eigenvalue weighted by Gasteiger charge is 2.35. The second-order valence-corrected chi connectivity index (χ2v) is 4.35. The van der Waals surface area contributed by atoms with Crippen molar-refractivity contribution in [2.24, 2.45) is 0 Å². The maximum Gasteiger partial charge on any atom is 0.435 e. The van der Waals surface area contributed by atoms with Gasteiger partial charge >= 0.3 is 6.18 Å². The third-order valence-corrected chi connectivity index (χ3v) is 2.62. The summed E-state index contributed by atoms with van der Waals surface area (Å²) < 4.78 is 39.4. The first-order valence-corrected chi connectivity index (χ1v) is 5.62. The van der Waals surface area contributed by atoms with E-state index < -0.39 is 11.9 Å². The first-order chi connectivity index (χ1) is 8.39. The monoisotopic (exact) mass is 254 g/mol. The number of para-hydroxylation sites is 1. The molecule has 2 nitrogen and oxygen atoms in total. The third kappa shape index (κ3) is 2.39. The number of nitrogens with zero attached hydrogens (tertiary/aromatic N) is 2. The van der Waals surface area contributed by atoms with Crippen LogP contribution in [0.25, 0.3) is 5.69 Å². The zero-order chi connectivity index (χ0) is 13.3. The smallest absolute Gasteiger partial charge is 0.237 e. The molecule has 1 heterocycles. The van der Waals surface area contributed by atoms with Gasteiger partial charge in [-0.3, -0.25) is 0 Å². The van der Waals surface area contributed by atoms with Gasteiger partial charge in [0, 0.05) is 5.69 Å². The van der Waals surface area contributed by atoms with Crippen molar-refractivity contribution < 1.29 is 13.2 Å². The molecule has 1 aromatic carbocycles. The van der Waals surface area contributed by atoms with E-state index in [1.165, 1.54) is 4.68 Å². The lowest BCUT2D eigenvalue weighted by Crippen LogP contribution is -2.07. The largest absolute Gasteiger partial charge is 0.435 e. The summed E-state index contributed by atoms with van der Waals surface area (Å²) in [4.78, 5) is 0. The minimum atomic E-state index is -4.41. The molecular weight excluding hydrogens is 241 g/mol. The lowest BCUT2D eigenvalue weighted by atomic mass is 10.1. The fraction of sp³-hybridized carbons (Fsp3) is 0.308. The van der Waals surface area contributed by atoms with E-state index in [0.29, 0.717) is 11.4 Å². The fourth-order valence-corrected chi connectivity index (χ4v) is 1.72. The highest BCUT2D eigenvalue weighted by molar-refractivity contribution is 5.34. The van der Waals surface area contributed by atoms with Crippen molar-refractivity contribution in [3.8, 4) is 5.69 Å². The molecule has 0 aliphatic carbocycles. The summed E-state index contributed by atoms with van der Waals surface area (Å²) in [5.41, 5.74) is 0.334. The molecule has 0 saturated heterocycles. The van der Waals surface area contributed by atoms with E-state index in [2.05, 4.69) is 5.10 Å². The molecule has 1 aromatic heterocycles. The summed E-state index contributed by atoms with van der Waals surface area (Å²) in [7, 11) is 0. The zero-order valence-corrected chi connectivity index (χ0v) is 10.1. The van der Waals surface area contributed by atoms with Gasteiger partial charge in [0.1, 0.15) is 0 Å². The summed E-state index contributed by atoms with van der Waals surface area (Å²) in [6, 6.07) is 9.94. The second kappa shape index (κ2) is 4.48. The van der Waals surface area contributed by atoms with Crippen LogP contribution in [0.5, 0.6) is 0 Å². The molecule has 0 fully saturated rings. The van der Waals surface area contributed by atoms with Crippen molar-refractivity contribution >= 4 is 0 Å². The third-order valence-electron chi connectivity index (χ3n) is 2.62. The second-order valence-electron chi connectivity index (χ2n) is 4.35. The van der Waals surface area contributed by atoms with Crippen LogP contribution in [0.1, 0.15) is 31.2 Å². The van der Waals surface area contributed by atoms with Gasteiger partial charge in [-0.15, -0.1) is 0 Å². The van der Waals surface area contributed by atoms with Crippen molar-refractivity contribution in [2.75, 3.05) is 0 Å². The highest BCUT2D eigenvalue weighted by Crippen LogP contribution is 2.31. The molecule has 96 valence electrons. The van der Waals surface area contributed by atoms with Gasteiger partial charge in [-0.25, -0.2) is 4.68 Å². The van der Waals surface area contributed by atoms with Gasteiger partial charge in [0.25, 0.3) is 0 Å². The molecule has 0 saturated carbocycles. The number of halogens is 3. The molecule has 0 bridgehead atoms. The first kappa shape index (κ1) is 12.7. The quantitative estimate of drug-likeness (QED) is 0.791. The SMILES string of the molecule is CC(C)c1cc(C(F)(F)F)nn1-c1ccccc1. The number of rotatable bonds is 2. The van der Waals surface area contributed by atoms with Crippen molar-refractivity contribution in [1.82, 2.24) is 9.78 Å². The van der Waals surface area contributed by atoms with Crippen molar-refractivity contribution in [3.63, 3.8) is 0 Å². The molecule has 2 aromatic rings. The average molecular weight is 254 g/mol. The van der Waals surface area contributed by atoms with Crippen LogP contribution >= 0.6 is 0 Å². The van der Waals surface area contributed by atoms with Crippen LogP contribution in [0.15, 0.2) is 36.4 Å². The summed E-state index contributed by atoms with van der Waals surface area (Å²) in [5, 5.41) is 3.66. The standard InChI is InChI=1S/C13H13F3N2/c1-9(2)11-8-12(13(14,15)16)17-18(11)10-6-4-3-5-7-10/h3-9H,1-2H3. The Hall–Kier alpha value is -1.78. The fourth-order valence-electron chi connectivity index (χ4n) is 1.72.